The van der Waals surface area contributed by atoms with E-state index in [4.69, 9.17) is 10.8 Å². The van der Waals surface area contributed by atoms with E-state index < -0.39 is 35.9 Å². The maximum atomic E-state index is 12.5. The molecule has 72 valence electrons. The Bertz CT molecular complexity index is 317. The van der Waals surface area contributed by atoms with Crippen molar-refractivity contribution in [3.63, 3.8) is 0 Å². The first-order valence-corrected chi connectivity index (χ1v) is 3.40. The van der Waals surface area contributed by atoms with E-state index >= 15 is 0 Å². The number of nitrogen functional groups attached to an aromatic ring is 1. The fourth-order valence-corrected chi connectivity index (χ4v) is 0.967. The fraction of sp³-hybridized carbons (Fsp3) is 0.286. The highest BCUT2D eigenvalue weighted by Gasteiger charge is 2.18. The molecule has 1 aromatic heterocycles. The second kappa shape index (κ2) is 3.61. The first-order valence-electron chi connectivity index (χ1n) is 3.40. The van der Waals surface area contributed by atoms with Gasteiger partial charge in [0.1, 0.15) is 0 Å². The lowest BCUT2D eigenvalue weighted by atomic mass is 10.1. The highest BCUT2D eigenvalue weighted by atomic mass is 19.3. The van der Waals surface area contributed by atoms with Gasteiger partial charge >= 0.3 is 0 Å². The second-order valence-corrected chi connectivity index (χ2v) is 2.35. The molecule has 3 N–H and O–H groups in total. The largest absolute Gasteiger partial charge is 0.398 e. The number of aliphatic hydroxyl groups excluding tert-OH is 1. The third-order valence-electron chi connectivity index (χ3n) is 1.51. The zero-order valence-electron chi connectivity index (χ0n) is 6.47. The minimum Gasteiger partial charge on any atom is -0.398 e. The number of aromatic nitrogens is 1. The van der Waals surface area contributed by atoms with Crippen molar-refractivity contribution < 1.29 is 18.3 Å². The summed E-state index contributed by atoms with van der Waals surface area (Å²) in [5.74, 6) is -0.981. The van der Waals surface area contributed by atoms with Crippen LogP contribution < -0.4 is 5.73 Å². The Morgan fingerprint density at radius 2 is 2.15 bits per heavy atom. The minimum absolute atomic E-state index is 0.397. The van der Waals surface area contributed by atoms with Crippen molar-refractivity contribution in [3.8, 4) is 0 Å². The van der Waals surface area contributed by atoms with E-state index in [0.717, 1.165) is 0 Å². The summed E-state index contributed by atoms with van der Waals surface area (Å²) < 4.78 is 37.0. The van der Waals surface area contributed by atoms with Gasteiger partial charge < -0.3 is 10.8 Å². The molecule has 1 aromatic rings. The fourth-order valence-electron chi connectivity index (χ4n) is 0.967. The van der Waals surface area contributed by atoms with Gasteiger partial charge in [0.25, 0.3) is 6.43 Å². The molecule has 0 fully saturated rings. The molecule has 0 bridgehead atoms. The van der Waals surface area contributed by atoms with Gasteiger partial charge in [0, 0.05) is 11.8 Å². The molecule has 0 aromatic carbocycles. The lowest BCUT2D eigenvalue weighted by Gasteiger charge is -2.08. The van der Waals surface area contributed by atoms with Gasteiger partial charge in [0.2, 0.25) is 5.95 Å². The van der Waals surface area contributed by atoms with Gasteiger partial charge in [-0.05, 0) is 0 Å². The van der Waals surface area contributed by atoms with Crippen LogP contribution in [-0.4, -0.2) is 10.1 Å². The first-order chi connectivity index (χ1) is 6.06. The lowest BCUT2D eigenvalue weighted by molar-refractivity contribution is 0.146. The SMILES string of the molecule is Nc1cc(F)nc(CO)c1C(F)F. The van der Waals surface area contributed by atoms with Gasteiger partial charge in [-0.25, -0.2) is 13.8 Å². The highest BCUT2D eigenvalue weighted by molar-refractivity contribution is 5.49. The summed E-state index contributed by atoms with van der Waals surface area (Å²) in [6, 6.07) is 0.695. The van der Waals surface area contributed by atoms with Crippen LogP contribution in [0, 0.1) is 5.95 Å². The average molecular weight is 192 g/mol. The number of hydrogen-bond donors (Lipinski definition) is 2. The molecule has 0 aliphatic rings. The van der Waals surface area contributed by atoms with Crippen molar-refractivity contribution in [2.45, 2.75) is 13.0 Å². The number of anilines is 1. The van der Waals surface area contributed by atoms with E-state index in [1.807, 2.05) is 0 Å². The third-order valence-corrected chi connectivity index (χ3v) is 1.51. The molecule has 1 heterocycles. The topological polar surface area (TPSA) is 59.1 Å². The molecule has 3 nitrogen and oxygen atoms in total. The Kier molecular flexibility index (Phi) is 2.72. The predicted molar refractivity (Wildman–Crippen MR) is 39.5 cm³/mol. The zero-order valence-corrected chi connectivity index (χ0v) is 6.47. The smallest absolute Gasteiger partial charge is 0.267 e. The predicted octanol–water partition coefficient (Wildman–Crippen LogP) is 1.23. The van der Waals surface area contributed by atoms with Crippen LogP contribution in [0.1, 0.15) is 17.7 Å². The molecule has 0 radical (unpaired) electrons. The normalized spacial score (nSPS) is 10.8. The number of nitrogens with zero attached hydrogens (tertiary/aromatic N) is 1. The molecule has 0 amide bonds. The van der Waals surface area contributed by atoms with Crippen LogP contribution in [0.4, 0.5) is 18.9 Å². The maximum absolute atomic E-state index is 12.5. The van der Waals surface area contributed by atoms with Crippen molar-refractivity contribution in [1.29, 1.82) is 0 Å². The summed E-state index contributed by atoms with van der Waals surface area (Å²) in [7, 11) is 0. The molecule has 0 atom stereocenters. The van der Waals surface area contributed by atoms with Crippen LogP contribution in [0.2, 0.25) is 0 Å². The summed E-state index contributed by atoms with van der Waals surface area (Å²) in [6.07, 6.45) is -2.87. The van der Waals surface area contributed by atoms with Crippen LogP contribution in [0.3, 0.4) is 0 Å². The molecule has 0 unspecified atom stereocenters. The molecule has 0 spiro atoms. The van der Waals surface area contributed by atoms with Crippen molar-refractivity contribution in [3.05, 3.63) is 23.3 Å². The van der Waals surface area contributed by atoms with Gasteiger partial charge in [-0.3, -0.25) is 0 Å². The highest BCUT2D eigenvalue weighted by Crippen LogP contribution is 2.27. The number of hydrogen-bond acceptors (Lipinski definition) is 3. The van der Waals surface area contributed by atoms with Gasteiger partial charge in [-0.1, -0.05) is 0 Å². The summed E-state index contributed by atoms with van der Waals surface area (Å²) in [4.78, 5) is 3.10. The number of aliphatic hydroxyl groups is 1. The molecule has 6 heteroatoms. The van der Waals surface area contributed by atoms with Crippen molar-refractivity contribution in [1.82, 2.24) is 4.98 Å². The van der Waals surface area contributed by atoms with Gasteiger partial charge in [-0.2, -0.15) is 4.39 Å². The molecule has 0 saturated heterocycles. The Morgan fingerprint density at radius 1 is 1.54 bits per heavy atom. The van der Waals surface area contributed by atoms with Crippen molar-refractivity contribution in [2.24, 2.45) is 0 Å². The second-order valence-electron chi connectivity index (χ2n) is 2.35. The lowest BCUT2D eigenvalue weighted by Crippen LogP contribution is -2.05. The van der Waals surface area contributed by atoms with E-state index in [2.05, 4.69) is 4.98 Å². The molecule has 0 aliphatic heterocycles. The summed E-state index contributed by atoms with van der Waals surface area (Å²) in [5, 5.41) is 8.60. The summed E-state index contributed by atoms with van der Waals surface area (Å²) in [6.45, 7) is -0.762. The summed E-state index contributed by atoms with van der Waals surface area (Å²) >= 11 is 0. The van der Waals surface area contributed by atoms with E-state index in [9.17, 15) is 13.2 Å². The van der Waals surface area contributed by atoms with Crippen LogP contribution in [0.5, 0.6) is 0 Å². The monoisotopic (exact) mass is 192 g/mol. The molecular formula is C7H7F3N2O. The number of rotatable bonds is 2. The number of halogens is 3. The van der Waals surface area contributed by atoms with Gasteiger partial charge in [-0.15, -0.1) is 0 Å². The number of nitrogens with two attached hydrogens (primary N) is 1. The Hall–Kier alpha value is -1.30. The van der Waals surface area contributed by atoms with Gasteiger partial charge in [0.05, 0.1) is 17.9 Å². The minimum atomic E-state index is -2.87. The van der Waals surface area contributed by atoms with Crippen LogP contribution >= 0.6 is 0 Å². The third kappa shape index (κ3) is 1.89. The average Bonchev–Trinajstić information content (AvgIpc) is 2.01. The Balaban J connectivity index is 3.30. The summed E-state index contributed by atoms with van der Waals surface area (Å²) in [5.41, 5.74) is 3.70. The van der Waals surface area contributed by atoms with Crippen LogP contribution in [0.15, 0.2) is 6.07 Å². The number of alkyl halides is 2. The van der Waals surface area contributed by atoms with E-state index in [1.54, 1.807) is 0 Å². The Morgan fingerprint density at radius 3 is 2.62 bits per heavy atom. The molecule has 1 rings (SSSR count). The maximum Gasteiger partial charge on any atom is 0.267 e. The van der Waals surface area contributed by atoms with Gasteiger partial charge in [0.15, 0.2) is 0 Å². The van der Waals surface area contributed by atoms with Crippen molar-refractivity contribution >= 4 is 5.69 Å². The first kappa shape index (κ1) is 9.79. The zero-order chi connectivity index (χ0) is 10.0. The van der Waals surface area contributed by atoms with Crippen LogP contribution in [-0.2, 0) is 6.61 Å². The molecule has 13 heavy (non-hydrogen) atoms. The van der Waals surface area contributed by atoms with E-state index in [1.165, 1.54) is 0 Å². The van der Waals surface area contributed by atoms with E-state index in [-0.39, 0.29) is 0 Å². The standard InChI is InChI=1S/C7H7F3N2O/c8-5-1-3(11)6(7(9)10)4(2-13)12-5/h1,7,13H,2H2,(H2,11,12). The quantitative estimate of drug-likeness (QED) is 0.693. The molecule has 0 saturated carbocycles. The molecule has 0 aliphatic carbocycles. The van der Waals surface area contributed by atoms with Crippen molar-refractivity contribution in [2.75, 3.05) is 5.73 Å². The number of pyridine rings is 1. The Labute approximate surface area is 72.0 Å². The van der Waals surface area contributed by atoms with Crippen LogP contribution in [0.25, 0.3) is 0 Å². The molecular weight excluding hydrogens is 185 g/mol. The van der Waals surface area contributed by atoms with E-state index in [0.29, 0.717) is 6.07 Å².